The van der Waals surface area contributed by atoms with Gasteiger partial charge in [0.05, 0.1) is 6.42 Å². The van der Waals surface area contributed by atoms with Crippen molar-refractivity contribution in [2.45, 2.75) is 17.5 Å². The topological polar surface area (TPSA) is 93.6 Å². The molecule has 1 rings (SSSR count). The van der Waals surface area contributed by atoms with Gasteiger partial charge in [0.2, 0.25) is 10.0 Å². The summed E-state index contributed by atoms with van der Waals surface area (Å²) in [6.07, 6.45) is -5.58. The van der Waals surface area contributed by atoms with Crippen LogP contribution in [0, 0.1) is 0 Å². The Balaban J connectivity index is 2.88. The Morgan fingerprint density at radius 2 is 2.05 bits per heavy atom. The molecule has 1 heterocycles. The molecule has 1 amide bonds. The van der Waals surface area contributed by atoms with Crippen molar-refractivity contribution in [2.24, 2.45) is 5.14 Å². The van der Waals surface area contributed by atoms with Crippen LogP contribution in [0.3, 0.4) is 0 Å². The third kappa shape index (κ3) is 4.49. The number of rotatable bonds is 4. The number of carbonyl (C=O) groups is 1. The first-order chi connectivity index (χ1) is 8.92. The lowest BCUT2D eigenvalue weighted by Gasteiger charge is -2.16. The fraction of sp³-hybridized carbons (Fsp3) is 0.444. The van der Waals surface area contributed by atoms with Gasteiger partial charge in [-0.05, 0) is 15.9 Å². The number of alkyl halides is 3. The van der Waals surface area contributed by atoms with E-state index in [-0.39, 0.29) is 4.67 Å². The lowest BCUT2D eigenvalue weighted by molar-refractivity contribution is -0.136. The van der Waals surface area contributed by atoms with E-state index in [1.54, 1.807) is 0 Å². The summed E-state index contributed by atoms with van der Waals surface area (Å²) < 4.78 is 62.9. The summed E-state index contributed by atoms with van der Waals surface area (Å²) in [6.45, 7) is -0.578. The summed E-state index contributed by atoms with van der Waals surface area (Å²) in [5.41, 5.74) is 0. The average molecular weight is 379 g/mol. The number of nitrogens with zero attached hydrogens (tertiary/aromatic N) is 1. The standard InChI is InChI=1S/C9H10BrF3N2O4S/c1-15(3-2-9(11,12)13)8(16)5-4-6(7(10)19-5)20(14,17)18/h4H,2-3H2,1H3,(H2,14,17,18). The number of halogens is 4. The first-order valence-electron chi connectivity index (χ1n) is 5.06. The molecule has 0 saturated carbocycles. The van der Waals surface area contributed by atoms with Crippen molar-refractivity contribution < 1.29 is 30.8 Å². The van der Waals surface area contributed by atoms with E-state index in [0.29, 0.717) is 0 Å². The Hall–Kier alpha value is -1.07. The van der Waals surface area contributed by atoms with Gasteiger partial charge in [0.25, 0.3) is 5.91 Å². The van der Waals surface area contributed by atoms with E-state index in [4.69, 9.17) is 9.56 Å². The number of primary sulfonamides is 1. The maximum absolute atomic E-state index is 12.0. The van der Waals surface area contributed by atoms with Crippen LogP contribution in [0.2, 0.25) is 0 Å². The molecule has 0 saturated heterocycles. The fourth-order valence-electron chi connectivity index (χ4n) is 1.24. The predicted molar refractivity (Wildman–Crippen MR) is 65.4 cm³/mol. The summed E-state index contributed by atoms with van der Waals surface area (Å²) in [7, 11) is -2.96. The van der Waals surface area contributed by atoms with E-state index in [9.17, 15) is 26.4 Å². The number of amides is 1. The molecular weight excluding hydrogens is 369 g/mol. The van der Waals surface area contributed by atoms with Gasteiger partial charge in [-0.3, -0.25) is 4.79 Å². The van der Waals surface area contributed by atoms with Crippen molar-refractivity contribution in [3.8, 4) is 0 Å². The Labute approximate surface area is 120 Å². The number of sulfonamides is 1. The zero-order valence-corrected chi connectivity index (χ0v) is 12.5. The maximum atomic E-state index is 12.0. The summed E-state index contributed by atoms with van der Waals surface area (Å²) in [4.78, 5) is 12.1. The minimum atomic E-state index is -4.40. The molecule has 1 aromatic heterocycles. The molecule has 0 bridgehead atoms. The number of hydrogen-bond donors (Lipinski definition) is 1. The van der Waals surface area contributed by atoms with Crippen molar-refractivity contribution in [3.05, 3.63) is 16.5 Å². The van der Waals surface area contributed by atoms with Gasteiger partial charge in [-0.2, -0.15) is 13.2 Å². The molecule has 114 valence electrons. The van der Waals surface area contributed by atoms with Gasteiger partial charge < -0.3 is 9.32 Å². The van der Waals surface area contributed by atoms with E-state index >= 15 is 0 Å². The van der Waals surface area contributed by atoms with E-state index in [0.717, 1.165) is 18.0 Å². The minimum absolute atomic E-state index is 0.285. The number of furan rings is 1. The van der Waals surface area contributed by atoms with Gasteiger partial charge in [0.1, 0.15) is 4.90 Å². The Bertz CT molecular complexity index is 611. The lowest BCUT2D eigenvalue weighted by atomic mass is 10.3. The van der Waals surface area contributed by atoms with Crippen molar-refractivity contribution in [1.29, 1.82) is 0 Å². The monoisotopic (exact) mass is 378 g/mol. The van der Waals surface area contributed by atoms with Crippen LogP contribution in [0.5, 0.6) is 0 Å². The van der Waals surface area contributed by atoms with Gasteiger partial charge in [0, 0.05) is 19.7 Å². The predicted octanol–water partition coefficient (Wildman–Crippen LogP) is 1.71. The molecule has 0 atom stereocenters. The largest absolute Gasteiger partial charge is 0.443 e. The van der Waals surface area contributed by atoms with Crippen LogP contribution >= 0.6 is 15.9 Å². The van der Waals surface area contributed by atoms with Crippen molar-refractivity contribution in [1.82, 2.24) is 4.90 Å². The average Bonchev–Trinajstić information content (AvgIpc) is 2.65. The molecule has 0 spiro atoms. The molecule has 0 aliphatic rings. The molecule has 11 heteroatoms. The zero-order chi connectivity index (χ0) is 15.7. The number of carbonyl (C=O) groups excluding carboxylic acids is 1. The molecule has 0 aliphatic carbocycles. The second-order valence-corrected chi connectivity index (χ2v) is 6.14. The summed E-state index contributed by atoms with van der Waals surface area (Å²) in [6, 6.07) is 0.853. The highest BCUT2D eigenvalue weighted by atomic mass is 79.9. The number of hydrogen-bond acceptors (Lipinski definition) is 4. The van der Waals surface area contributed by atoms with Crippen molar-refractivity contribution >= 4 is 31.9 Å². The molecule has 0 fully saturated rings. The molecule has 1 aromatic rings. The summed E-state index contributed by atoms with van der Waals surface area (Å²) >= 11 is 2.76. The van der Waals surface area contributed by atoms with Gasteiger partial charge in [-0.15, -0.1) is 0 Å². The molecule has 0 unspecified atom stereocenters. The maximum Gasteiger partial charge on any atom is 0.390 e. The molecule has 20 heavy (non-hydrogen) atoms. The highest BCUT2D eigenvalue weighted by Crippen LogP contribution is 2.26. The fourth-order valence-corrected chi connectivity index (χ4v) is 2.74. The highest BCUT2D eigenvalue weighted by Gasteiger charge is 2.29. The van der Waals surface area contributed by atoms with Crippen LogP contribution in [-0.2, 0) is 10.0 Å². The molecule has 6 nitrogen and oxygen atoms in total. The Morgan fingerprint density at radius 3 is 2.45 bits per heavy atom. The van der Waals surface area contributed by atoms with Crippen LogP contribution < -0.4 is 5.14 Å². The lowest BCUT2D eigenvalue weighted by Crippen LogP contribution is -2.30. The van der Waals surface area contributed by atoms with E-state index < -0.39 is 45.7 Å². The first kappa shape index (κ1) is 17.0. The van der Waals surface area contributed by atoms with Gasteiger partial charge in [-0.1, -0.05) is 0 Å². The van der Waals surface area contributed by atoms with Crippen LogP contribution in [0.25, 0.3) is 0 Å². The molecule has 0 aromatic carbocycles. The summed E-state index contributed by atoms with van der Waals surface area (Å²) in [5, 5.41) is 4.87. The quantitative estimate of drug-likeness (QED) is 0.862. The van der Waals surface area contributed by atoms with Crippen LogP contribution in [0.15, 0.2) is 20.0 Å². The van der Waals surface area contributed by atoms with Crippen LogP contribution in [0.1, 0.15) is 17.0 Å². The van der Waals surface area contributed by atoms with E-state index in [2.05, 4.69) is 15.9 Å². The highest BCUT2D eigenvalue weighted by molar-refractivity contribution is 9.10. The summed E-state index contributed by atoms with van der Waals surface area (Å²) in [5.74, 6) is -1.31. The molecule has 0 radical (unpaired) electrons. The van der Waals surface area contributed by atoms with Crippen molar-refractivity contribution in [3.63, 3.8) is 0 Å². The van der Waals surface area contributed by atoms with Gasteiger partial charge in [-0.25, -0.2) is 13.6 Å². The second-order valence-electron chi connectivity index (χ2n) is 3.89. The Kier molecular flexibility index (Phi) is 4.87. The third-order valence-electron chi connectivity index (χ3n) is 2.25. The first-order valence-corrected chi connectivity index (χ1v) is 7.40. The van der Waals surface area contributed by atoms with E-state index in [1.807, 2.05) is 0 Å². The minimum Gasteiger partial charge on any atom is -0.443 e. The van der Waals surface area contributed by atoms with Crippen molar-refractivity contribution in [2.75, 3.05) is 13.6 Å². The molecular formula is C9H10BrF3N2O4S. The van der Waals surface area contributed by atoms with Crippen LogP contribution in [-0.4, -0.2) is 39.0 Å². The van der Waals surface area contributed by atoms with Gasteiger partial charge >= 0.3 is 6.18 Å². The number of nitrogens with two attached hydrogens (primary N) is 1. The SMILES string of the molecule is CN(CCC(F)(F)F)C(=O)c1cc(S(N)(=O)=O)c(Br)o1. The smallest absolute Gasteiger partial charge is 0.390 e. The van der Waals surface area contributed by atoms with Gasteiger partial charge in [0.15, 0.2) is 10.4 Å². The zero-order valence-electron chi connectivity index (χ0n) is 10.1. The third-order valence-corrected chi connectivity index (χ3v) is 4.02. The van der Waals surface area contributed by atoms with Crippen LogP contribution in [0.4, 0.5) is 13.2 Å². The Morgan fingerprint density at radius 1 is 1.50 bits per heavy atom. The normalized spacial score (nSPS) is 12.5. The van der Waals surface area contributed by atoms with E-state index in [1.165, 1.54) is 0 Å². The molecule has 2 N–H and O–H groups in total. The molecule has 0 aliphatic heterocycles. The second kappa shape index (κ2) is 5.74.